The first kappa shape index (κ1) is 8.21. The largest absolute Gasteiger partial charge is 0.394 e. The number of nitriles is 1. The van der Waals surface area contributed by atoms with Crippen LogP contribution in [0.1, 0.15) is 0 Å². The van der Waals surface area contributed by atoms with E-state index in [2.05, 4.69) is 0 Å². The molecule has 0 bridgehead atoms. The summed E-state index contributed by atoms with van der Waals surface area (Å²) in [5.74, 6) is 0. The monoisotopic (exact) mass is 155 g/mol. The third kappa shape index (κ3) is 1.77. The van der Waals surface area contributed by atoms with Crippen LogP contribution < -0.4 is 0 Å². The Morgan fingerprint density at radius 1 is 1.55 bits per heavy atom. The van der Waals surface area contributed by atoms with E-state index in [4.69, 9.17) is 20.2 Å². The molecule has 0 spiro atoms. The number of nitrogens with zero attached hydrogens (tertiary/aromatic N) is 1. The first-order valence-corrected chi connectivity index (χ1v) is 3.30. The number of hydrogen-bond acceptors (Lipinski definition) is 4. The smallest absolute Gasteiger partial charge is 0.162 e. The second-order valence-electron chi connectivity index (χ2n) is 2.28. The van der Waals surface area contributed by atoms with Gasteiger partial charge in [-0.05, 0) is 6.08 Å². The summed E-state index contributed by atoms with van der Waals surface area (Å²) < 4.78 is 4.95. The molecular formula is C7H9NO3. The Bertz CT molecular complexity index is 196. The highest BCUT2D eigenvalue weighted by atomic mass is 16.5. The summed E-state index contributed by atoms with van der Waals surface area (Å²) in [4.78, 5) is 0. The van der Waals surface area contributed by atoms with Crippen molar-refractivity contribution in [1.82, 2.24) is 0 Å². The number of hydrogen-bond donors (Lipinski definition) is 2. The third-order valence-corrected chi connectivity index (χ3v) is 1.49. The van der Waals surface area contributed by atoms with Gasteiger partial charge in [0.1, 0.15) is 12.2 Å². The second-order valence-corrected chi connectivity index (χ2v) is 2.28. The van der Waals surface area contributed by atoms with Crippen molar-refractivity contribution >= 4 is 0 Å². The normalized spacial score (nSPS) is 36.6. The Balaban J connectivity index is 2.61. The molecule has 0 radical (unpaired) electrons. The maximum atomic E-state index is 9.10. The lowest BCUT2D eigenvalue weighted by Crippen LogP contribution is -2.37. The zero-order chi connectivity index (χ0) is 8.27. The molecule has 4 heteroatoms. The predicted molar refractivity (Wildman–Crippen MR) is 36.5 cm³/mol. The van der Waals surface area contributed by atoms with Crippen LogP contribution in [0.3, 0.4) is 0 Å². The summed E-state index contributed by atoms with van der Waals surface area (Å²) in [6.45, 7) is -0.274. The lowest BCUT2D eigenvalue weighted by atomic mass is 10.1. The Morgan fingerprint density at radius 2 is 2.27 bits per heavy atom. The van der Waals surface area contributed by atoms with Crippen molar-refractivity contribution in [1.29, 1.82) is 5.26 Å². The van der Waals surface area contributed by atoms with Crippen LogP contribution in [0.2, 0.25) is 0 Å². The van der Waals surface area contributed by atoms with Crippen LogP contribution in [0.25, 0.3) is 0 Å². The average Bonchev–Trinajstić information content (AvgIpc) is 2.05. The van der Waals surface area contributed by atoms with E-state index >= 15 is 0 Å². The third-order valence-electron chi connectivity index (χ3n) is 1.49. The molecular weight excluding hydrogens is 146 g/mol. The molecule has 0 saturated carbocycles. The van der Waals surface area contributed by atoms with Gasteiger partial charge in [-0.2, -0.15) is 5.26 Å². The van der Waals surface area contributed by atoms with Gasteiger partial charge in [0.25, 0.3) is 0 Å². The molecule has 60 valence electrons. The fraction of sp³-hybridized carbons (Fsp3) is 0.571. The van der Waals surface area contributed by atoms with Crippen molar-refractivity contribution in [2.45, 2.75) is 18.3 Å². The van der Waals surface area contributed by atoms with E-state index in [1.54, 1.807) is 0 Å². The fourth-order valence-corrected chi connectivity index (χ4v) is 0.877. The van der Waals surface area contributed by atoms with E-state index in [1.165, 1.54) is 12.2 Å². The topological polar surface area (TPSA) is 73.5 Å². The molecule has 1 rings (SSSR count). The van der Waals surface area contributed by atoms with Crippen LogP contribution in [0.5, 0.6) is 0 Å². The molecule has 2 N–H and O–H groups in total. The number of ether oxygens (including phenoxy) is 1. The van der Waals surface area contributed by atoms with E-state index in [-0.39, 0.29) is 6.61 Å². The summed E-state index contributed by atoms with van der Waals surface area (Å²) in [6, 6.07) is 1.86. The van der Waals surface area contributed by atoms with Crippen LogP contribution >= 0.6 is 0 Å². The summed E-state index contributed by atoms with van der Waals surface area (Å²) in [7, 11) is 0. The maximum Gasteiger partial charge on any atom is 0.162 e. The van der Waals surface area contributed by atoms with Gasteiger partial charge in [0.15, 0.2) is 6.10 Å². The van der Waals surface area contributed by atoms with Crippen molar-refractivity contribution in [3.05, 3.63) is 12.2 Å². The van der Waals surface area contributed by atoms with Crippen molar-refractivity contribution < 1.29 is 14.9 Å². The van der Waals surface area contributed by atoms with Crippen LogP contribution in [0.4, 0.5) is 0 Å². The molecule has 0 unspecified atom stereocenters. The van der Waals surface area contributed by atoms with Crippen molar-refractivity contribution in [3.8, 4) is 6.07 Å². The van der Waals surface area contributed by atoms with E-state index in [0.29, 0.717) is 0 Å². The van der Waals surface area contributed by atoms with Crippen LogP contribution in [0.15, 0.2) is 12.2 Å². The standard InChI is InChI=1S/C7H9NO3/c8-3-5-1-2-6(10)7(4-9)11-5/h1-2,5-7,9-10H,4H2/t5-,6+,7+/m0/s1. The van der Waals surface area contributed by atoms with Gasteiger partial charge < -0.3 is 14.9 Å². The quantitative estimate of drug-likeness (QED) is 0.485. The van der Waals surface area contributed by atoms with Gasteiger partial charge in [0.05, 0.1) is 12.7 Å². The minimum Gasteiger partial charge on any atom is -0.394 e. The predicted octanol–water partition coefficient (Wildman–Crippen LogP) is -0.813. The van der Waals surface area contributed by atoms with Crippen molar-refractivity contribution in [2.75, 3.05) is 6.61 Å². The van der Waals surface area contributed by atoms with Gasteiger partial charge in [0, 0.05) is 0 Å². The molecule has 0 aromatic heterocycles. The number of aliphatic hydroxyl groups is 2. The second kappa shape index (κ2) is 3.49. The van der Waals surface area contributed by atoms with Gasteiger partial charge in [-0.3, -0.25) is 0 Å². The van der Waals surface area contributed by atoms with Crippen LogP contribution in [-0.4, -0.2) is 35.1 Å². The van der Waals surface area contributed by atoms with Crippen LogP contribution in [0, 0.1) is 11.3 Å². The first-order chi connectivity index (χ1) is 5.27. The first-order valence-electron chi connectivity index (χ1n) is 3.30. The summed E-state index contributed by atoms with van der Waals surface area (Å²) in [5, 5.41) is 26.1. The number of rotatable bonds is 1. The molecule has 4 nitrogen and oxygen atoms in total. The molecule has 0 aromatic carbocycles. The molecule has 0 amide bonds. The highest BCUT2D eigenvalue weighted by Gasteiger charge is 2.24. The highest BCUT2D eigenvalue weighted by molar-refractivity contribution is 5.09. The van der Waals surface area contributed by atoms with Gasteiger partial charge in [-0.25, -0.2) is 0 Å². The average molecular weight is 155 g/mol. The van der Waals surface area contributed by atoms with Gasteiger partial charge >= 0.3 is 0 Å². The highest BCUT2D eigenvalue weighted by Crippen LogP contribution is 2.11. The molecule has 0 aromatic rings. The minimum absolute atomic E-state index is 0.274. The molecule has 0 fully saturated rings. The fourth-order valence-electron chi connectivity index (χ4n) is 0.877. The lowest BCUT2D eigenvalue weighted by Gasteiger charge is -2.24. The van der Waals surface area contributed by atoms with E-state index < -0.39 is 18.3 Å². The summed E-state index contributed by atoms with van der Waals surface area (Å²) >= 11 is 0. The molecule has 1 aliphatic rings. The Hall–Kier alpha value is -0.890. The molecule has 1 heterocycles. The summed E-state index contributed by atoms with van der Waals surface area (Å²) in [5.41, 5.74) is 0. The SMILES string of the molecule is N#C[C@@H]1C=C[C@@H](O)[C@@H](CO)O1. The van der Waals surface area contributed by atoms with E-state index in [1.807, 2.05) is 6.07 Å². The van der Waals surface area contributed by atoms with E-state index in [0.717, 1.165) is 0 Å². The van der Waals surface area contributed by atoms with Gasteiger partial charge in [-0.15, -0.1) is 0 Å². The zero-order valence-corrected chi connectivity index (χ0v) is 5.84. The van der Waals surface area contributed by atoms with Crippen LogP contribution in [-0.2, 0) is 4.74 Å². The zero-order valence-electron chi connectivity index (χ0n) is 5.84. The van der Waals surface area contributed by atoms with Crippen molar-refractivity contribution in [2.24, 2.45) is 0 Å². The molecule has 0 saturated heterocycles. The van der Waals surface area contributed by atoms with Gasteiger partial charge in [0.2, 0.25) is 0 Å². The molecule has 3 atom stereocenters. The molecule has 11 heavy (non-hydrogen) atoms. The molecule has 0 aliphatic carbocycles. The maximum absolute atomic E-state index is 9.10. The lowest BCUT2D eigenvalue weighted by molar-refractivity contribution is -0.0634. The molecule has 1 aliphatic heterocycles. The minimum atomic E-state index is -0.801. The Kier molecular flexibility index (Phi) is 2.60. The number of aliphatic hydroxyl groups excluding tert-OH is 2. The van der Waals surface area contributed by atoms with Crippen molar-refractivity contribution in [3.63, 3.8) is 0 Å². The Labute approximate surface area is 64.3 Å². The summed E-state index contributed by atoms with van der Waals surface area (Å²) in [6.07, 6.45) is 0.819. The van der Waals surface area contributed by atoms with E-state index in [9.17, 15) is 0 Å². The Morgan fingerprint density at radius 3 is 2.82 bits per heavy atom. The van der Waals surface area contributed by atoms with Gasteiger partial charge in [-0.1, -0.05) is 6.08 Å².